The number of hydrogen-bond acceptors (Lipinski definition) is 3. The molecular formula is C11H11F3O3. The number of carbonyl (C=O) groups is 1. The van der Waals surface area contributed by atoms with Gasteiger partial charge in [0.15, 0.2) is 5.78 Å². The first-order valence-electron chi connectivity index (χ1n) is 4.84. The Hall–Kier alpha value is -1.72. The van der Waals surface area contributed by atoms with Crippen LogP contribution in [0.15, 0.2) is 18.2 Å². The van der Waals surface area contributed by atoms with Gasteiger partial charge in [0.25, 0.3) is 0 Å². The zero-order valence-corrected chi connectivity index (χ0v) is 9.30. The zero-order valence-electron chi connectivity index (χ0n) is 9.30. The molecule has 1 rings (SSSR count). The second-order valence-electron chi connectivity index (χ2n) is 3.19. The van der Waals surface area contributed by atoms with Crippen LogP contribution >= 0.6 is 0 Å². The number of methoxy groups -OCH3 is 1. The third-order valence-corrected chi connectivity index (χ3v) is 2.03. The van der Waals surface area contributed by atoms with Crippen LogP contribution in [0.1, 0.15) is 23.7 Å². The highest BCUT2D eigenvalue weighted by Crippen LogP contribution is 2.30. The van der Waals surface area contributed by atoms with Crippen LogP contribution in [0.2, 0.25) is 0 Å². The van der Waals surface area contributed by atoms with E-state index in [4.69, 9.17) is 4.74 Å². The maximum Gasteiger partial charge on any atom is 0.573 e. The summed E-state index contributed by atoms with van der Waals surface area (Å²) in [6.07, 6.45) is -4.74. The van der Waals surface area contributed by atoms with E-state index in [0.29, 0.717) is 5.75 Å². The van der Waals surface area contributed by atoms with Crippen LogP contribution in [0, 0.1) is 0 Å². The minimum Gasteiger partial charge on any atom is -0.497 e. The summed E-state index contributed by atoms with van der Waals surface area (Å²) in [5.41, 5.74) is -0.135. The molecule has 0 aliphatic carbocycles. The lowest BCUT2D eigenvalue weighted by atomic mass is 10.1. The zero-order chi connectivity index (χ0) is 13.1. The van der Waals surface area contributed by atoms with Gasteiger partial charge in [0, 0.05) is 6.42 Å². The molecule has 0 saturated carbocycles. The van der Waals surface area contributed by atoms with Crippen molar-refractivity contribution in [2.24, 2.45) is 0 Å². The van der Waals surface area contributed by atoms with Crippen molar-refractivity contribution in [2.75, 3.05) is 7.11 Å². The molecule has 0 spiro atoms. The van der Waals surface area contributed by atoms with Crippen molar-refractivity contribution in [3.8, 4) is 11.5 Å². The Morgan fingerprint density at radius 1 is 1.35 bits per heavy atom. The van der Waals surface area contributed by atoms with Gasteiger partial charge in [-0.2, -0.15) is 0 Å². The molecule has 0 amide bonds. The molecule has 0 aromatic heterocycles. The molecule has 3 nitrogen and oxygen atoms in total. The van der Waals surface area contributed by atoms with E-state index < -0.39 is 17.9 Å². The maximum atomic E-state index is 12.1. The molecule has 17 heavy (non-hydrogen) atoms. The van der Waals surface area contributed by atoms with Gasteiger partial charge in [0.2, 0.25) is 0 Å². The van der Waals surface area contributed by atoms with E-state index in [-0.39, 0.29) is 12.0 Å². The lowest BCUT2D eigenvalue weighted by Crippen LogP contribution is -2.19. The highest BCUT2D eigenvalue weighted by atomic mass is 19.4. The first kappa shape index (κ1) is 13.3. The minimum atomic E-state index is -4.82. The Balaban J connectivity index is 3.15. The largest absolute Gasteiger partial charge is 0.573 e. The quantitative estimate of drug-likeness (QED) is 0.767. The van der Waals surface area contributed by atoms with Crippen LogP contribution < -0.4 is 9.47 Å². The fourth-order valence-corrected chi connectivity index (χ4v) is 1.26. The number of alkyl halides is 3. The fraction of sp³-hybridized carbons (Fsp3) is 0.364. The topological polar surface area (TPSA) is 35.5 Å². The average Bonchev–Trinajstić information content (AvgIpc) is 2.26. The molecule has 0 N–H and O–H groups in total. The molecule has 0 atom stereocenters. The normalized spacial score (nSPS) is 11.1. The van der Waals surface area contributed by atoms with Crippen LogP contribution in [0.25, 0.3) is 0 Å². The number of carbonyl (C=O) groups excluding carboxylic acids is 1. The molecule has 0 radical (unpaired) electrons. The van der Waals surface area contributed by atoms with E-state index in [1.165, 1.54) is 19.2 Å². The molecule has 0 saturated heterocycles. The third-order valence-electron chi connectivity index (χ3n) is 2.03. The molecule has 0 heterocycles. The molecule has 1 aromatic rings. The van der Waals surface area contributed by atoms with E-state index >= 15 is 0 Å². The van der Waals surface area contributed by atoms with Gasteiger partial charge in [0.1, 0.15) is 11.5 Å². The fourth-order valence-electron chi connectivity index (χ4n) is 1.26. The van der Waals surface area contributed by atoms with Crippen molar-refractivity contribution in [3.05, 3.63) is 23.8 Å². The summed E-state index contributed by atoms with van der Waals surface area (Å²) in [6, 6.07) is 3.59. The van der Waals surface area contributed by atoms with Crippen molar-refractivity contribution in [1.82, 2.24) is 0 Å². The van der Waals surface area contributed by atoms with E-state index in [1.807, 2.05) is 0 Å². The average molecular weight is 248 g/mol. The van der Waals surface area contributed by atoms with Gasteiger partial charge < -0.3 is 9.47 Å². The SMILES string of the molecule is CCC(=O)c1cc(OC)ccc1OC(F)(F)F. The Kier molecular flexibility index (Phi) is 3.98. The van der Waals surface area contributed by atoms with E-state index in [2.05, 4.69) is 4.74 Å². The van der Waals surface area contributed by atoms with Gasteiger partial charge in [0.05, 0.1) is 12.7 Å². The maximum absolute atomic E-state index is 12.1. The molecular weight excluding hydrogens is 237 g/mol. The summed E-state index contributed by atoms with van der Waals surface area (Å²) in [7, 11) is 1.36. The summed E-state index contributed by atoms with van der Waals surface area (Å²) >= 11 is 0. The smallest absolute Gasteiger partial charge is 0.497 e. The number of ketones is 1. The Bertz CT molecular complexity index is 413. The van der Waals surface area contributed by atoms with E-state index in [0.717, 1.165) is 6.07 Å². The number of Topliss-reactive ketones (excluding diaryl/α,β-unsaturated/α-hetero) is 1. The van der Waals surface area contributed by atoms with Crippen LogP contribution in [0.5, 0.6) is 11.5 Å². The third kappa shape index (κ3) is 3.65. The van der Waals surface area contributed by atoms with Crippen molar-refractivity contribution in [1.29, 1.82) is 0 Å². The van der Waals surface area contributed by atoms with Crippen LogP contribution in [0.3, 0.4) is 0 Å². The lowest BCUT2D eigenvalue weighted by molar-refractivity contribution is -0.274. The van der Waals surface area contributed by atoms with Gasteiger partial charge in [-0.1, -0.05) is 6.92 Å². The summed E-state index contributed by atoms with van der Waals surface area (Å²) < 4.78 is 44.9. The Labute approximate surface area is 96.1 Å². The monoisotopic (exact) mass is 248 g/mol. The van der Waals surface area contributed by atoms with E-state index in [9.17, 15) is 18.0 Å². The first-order chi connectivity index (χ1) is 7.87. The first-order valence-corrected chi connectivity index (χ1v) is 4.84. The summed E-state index contributed by atoms with van der Waals surface area (Å²) in [4.78, 5) is 11.5. The van der Waals surface area contributed by atoms with Crippen LogP contribution in [-0.4, -0.2) is 19.3 Å². The molecule has 1 aromatic carbocycles. The molecule has 0 unspecified atom stereocenters. The van der Waals surface area contributed by atoms with Crippen molar-refractivity contribution >= 4 is 5.78 Å². The lowest BCUT2D eigenvalue weighted by Gasteiger charge is -2.13. The van der Waals surface area contributed by atoms with Crippen LogP contribution in [0.4, 0.5) is 13.2 Å². The Morgan fingerprint density at radius 2 is 2.00 bits per heavy atom. The van der Waals surface area contributed by atoms with Crippen LogP contribution in [-0.2, 0) is 0 Å². The minimum absolute atomic E-state index is 0.0847. The number of ether oxygens (including phenoxy) is 2. The molecule has 0 bridgehead atoms. The van der Waals surface area contributed by atoms with Crippen molar-refractivity contribution in [2.45, 2.75) is 19.7 Å². The highest BCUT2D eigenvalue weighted by molar-refractivity contribution is 5.98. The molecule has 6 heteroatoms. The van der Waals surface area contributed by atoms with Gasteiger partial charge in [-0.25, -0.2) is 0 Å². The van der Waals surface area contributed by atoms with Crippen molar-refractivity contribution in [3.63, 3.8) is 0 Å². The van der Waals surface area contributed by atoms with Gasteiger partial charge in [-0.05, 0) is 18.2 Å². The van der Waals surface area contributed by atoms with Crippen molar-refractivity contribution < 1.29 is 27.4 Å². The predicted octanol–water partition coefficient (Wildman–Crippen LogP) is 3.19. The molecule has 0 aliphatic heterocycles. The highest BCUT2D eigenvalue weighted by Gasteiger charge is 2.32. The second kappa shape index (κ2) is 5.07. The number of halogens is 3. The number of hydrogen-bond donors (Lipinski definition) is 0. The van der Waals surface area contributed by atoms with Gasteiger partial charge in [-0.3, -0.25) is 4.79 Å². The predicted molar refractivity (Wildman–Crippen MR) is 54.3 cm³/mol. The summed E-state index contributed by atoms with van der Waals surface area (Å²) in [5.74, 6) is -0.648. The summed E-state index contributed by atoms with van der Waals surface area (Å²) in [5, 5.41) is 0. The van der Waals surface area contributed by atoms with Gasteiger partial charge in [-0.15, -0.1) is 13.2 Å². The summed E-state index contributed by atoms with van der Waals surface area (Å²) in [6.45, 7) is 1.55. The number of rotatable bonds is 4. The number of benzene rings is 1. The molecule has 0 aliphatic rings. The van der Waals surface area contributed by atoms with Gasteiger partial charge >= 0.3 is 6.36 Å². The molecule has 0 fully saturated rings. The van der Waals surface area contributed by atoms with E-state index in [1.54, 1.807) is 6.92 Å². The second-order valence-corrected chi connectivity index (χ2v) is 3.19. The molecule has 94 valence electrons. The Morgan fingerprint density at radius 3 is 2.47 bits per heavy atom. The standard InChI is InChI=1S/C11H11F3O3/c1-3-9(15)8-6-7(16-2)4-5-10(8)17-11(12,13)14/h4-6H,3H2,1-2H3.